The smallest absolute Gasteiger partial charge is 0.361 e. The first-order valence-electron chi connectivity index (χ1n) is 38.2. The van der Waals surface area contributed by atoms with Gasteiger partial charge in [0, 0.05) is 12.8 Å². The maximum atomic E-state index is 13.0. The van der Waals surface area contributed by atoms with Gasteiger partial charge in [0.15, 0.2) is 6.10 Å². The van der Waals surface area contributed by atoms with Gasteiger partial charge >= 0.3 is 17.9 Å². The van der Waals surface area contributed by atoms with Gasteiger partial charge in [0.05, 0.1) is 34.4 Å². The molecule has 0 aliphatic rings. The van der Waals surface area contributed by atoms with Gasteiger partial charge in [-0.3, -0.25) is 9.59 Å². The molecule has 2 unspecified atom stereocenters. The number of carboxylic acids is 1. The number of carboxylic acid groups (broad SMARTS) is 1. The van der Waals surface area contributed by atoms with Crippen LogP contribution in [0.1, 0.15) is 328 Å². The highest BCUT2D eigenvalue weighted by Gasteiger charge is 2.25. The minimum Gasteiger partial charge on any atom is -0.477 e. The molecule has 0 saturated carbocycles. The van der Waals surface area contributed by atoms with Crippen molar-refractivity contribution in [3.05, 3.63) is 122 Å². The van der Waals surface area contributed by atoms with Gasteiger partial charge in [0.2, 0.25) is 0 Å². The summed E-state index contributed by atoms with van der Waals surface area (Å²) in [6.07, 6.45) is 100. The minimum atomic E-state index is -1.52. The van der Waals surface area contributed by atoms with E-state index >= 15 is 0 Å². The summed E-state index contributed by atoms with van der Waals surface area (Å²) < 4.78 is 23.0. The SMILES string of the molecule is CC/C=C\C/C=C\C/C=C\C/C=C\C/C=C\C/C=C\C/C=C\C/C=C\C/C=C\C/C=C\CCCCCCCCCCCCC(=O)OC(COC(=O)CCCCCCCCCCCCCCCCCCCCCCCCCCCC)COC(OCC[N+](C)(C)C)C(=O)O. The van der Waals surface area contributed by atoms with Crippen LogP contribution in [0.4, 0.5) is 0 Å². The van der Waals surface area contributed by atoms with Crippen molar-refractivity contribution in [1.82, 2.24) is 0 Å². The maximum absolute atomic E-state index is 13.0. The van der Waals surface area contributed by atoms with Crippen molar-refractivity contribution in [2.24, 2.45) is 0 Å². The molecule has 0 fully saturated rings. The molecule has 0 aliphatic carbocycles. The number of hydrogen-bond acceptors (Lipinski definition) is 7. The topological polar surface area (TPSA) is 108 Å². The number of rotatable bonds is 70. The number of esters is 2. The number of likely N-dealkylation sites (N-methyl/N-ethyl adjacent to an activating group) is 1. The van der Waals surface area contributed by atoms with Gasteiger partial charge in [0.1, 0.15) is 13.2 Å². The van der Waals surface area contributed by atoms with Gasteiger partial charge in [-0.2, -0.15) is 0 Å². The fourth-order valence-corrected chi connectivity index (χ4v) is 10.7. The van der Waals surface area contributed by atoms with Crippen LogP contribution < -0.4 is 0 Å². The predicted molar refractivity (Wildman–Crippen MR) is 396 cm³/mol. The van der Waals surface area contributed by atoms with Crippen LogP contribution in [0, 0.1) is 0 Å². The molecular weight excluding hydrogens is 1140 g/mol. The molecule has 0 aromatic rings. The Bertz CT molecular complexity index is 1930. The Hall–Kier alpha value is -4.31. The summed E-state index contributed by atoms with van der Waals surface area (Å²) in [5.74, 6) is -2.00. The Kier molecular flexibility index (Phi) is 69.1. The predicted octanol–water partition coefficient (Wildman–Crippen LogP) is 24.3. The molecule has 9 heteroatoms. The first-order chi connectivity index (χ1) is 45.1. The second kappa shape index (κ2) is 72.5. The highest BCUT2D eigenvalue weighted by molar-refractivity contribution is 5.71. The van der Waals surface area contributed by atoms with Gasteiger partial charge < -0.3 is 28.5 Å². The number of ether oxygens (including phenoxy) is 4. The van der Waals surface area contributed by atoms with E-state index in [0.717, 1.165) is 109 Å². The largest absolute Gasteiger partial charge is 0.477 e. The monoisotopic (exact) mass is 1280 g/mol. The van der Waals surface area contributed by atoms with Crippen molar-refractivity contribution in [3.8, 4) is 0 Å². The number of nitrogens with zero attached hydrogens (tertiary/aromatic N) is 1. The van der Waals surface area contributed by atoms with E-state index in [4.69, 9.17) is 18.9 Å². The van der Waals surface area contributed by atoms with E-state index in [9.17, 15) is 19.5 Å². The molecule has 0 aromatic carbocycles. The van der Waals surface area contributed by atoms with Crippen LogP contribution in [0.15, 0.2) is 122 Å². The molecule has 0 amide bonds. The molecule has 92 heavy (non-hydrogen) atoms. The Morgan fingerprint density at radius 1 is 0.337 bits per heavy atom. The van der Waals surface area contributed by atoms with Crippen LogP contribution in [-0.2, 0) is 33.3 Å². The number of unbranched alkanes of at least 4 members (excludes halogenated alkanes) is 35. The third-order valence-electron chi connectivity index (χ3n) is 16.5. The molecule has 0 heterocycles. The number of carbonyl (C=O) groups excluding carboxylic acids is 2. The van der Waals surface area contributed by atoms with E-state index in [0.29, 0.717) is 23.9 Å². The summed E-state index contributed by atoms with van der Waals surface area (Å²) in [4.78, 5) is 37.7. The summed E-state index contributed by atoms with van der Waals surface area (Å²) in [5, 5.41) is 9.76. The van der Waals surface area contributed by atoms with Gasteiger partial charge in [-0.15, -0.1) is 0 Å². The van der Waals surface area contributed by atoms with Crippen LogP contribution in [0.3, 0.4) is 0 Å². The van der Waals surface area contributed by atoms with E-state index in [-0.39, 0.29) is 32.2 Å². The molecule has 0 aliphatic heterocycles. The number of carbonyl (C=O) groups is 3. The van der Waals surface area contributed by atoms with Crippen LogP contribution >= 0.6 is 0 Å². The third kappa shape index (κ3) is 73.1. The third-order valence-corrected chi connectivity index (χ3v) is 16.5. The molecule has 0 spiro atoms. The van der Waals surface area contributed by atoms with Crippen LogP contribution in [-0.4, -0.2) is 87.4 Å². The highest BCUT2D eigenvalue weighted by Crippen LogP contribution is 2.18. The number of hydrogen-bond donors (Lipinski definition) is 1. The standard InChI is InChI=1S/C83H143NO8/c1-6-8-10-12-14-16-18-20-22-24-26-28-30-32-34-35-36-37-38-39-40-41-42-43-44-45-46-47-48-50-52-54-56-58-60-62-64-66-68-70-72-74-81(86)92-79(78-91-83(82(87)88)89-76-75-84(3,4)5)77-90-80(85)73-71-69-67-65-63-61-59-57-55-53-51-49-33-31-29-27-25-23-21-19-17-15-13-11-9-7-2/h8,10,14,16,20,22,26,28,32,34,36-37,39-40,42-43,45-46,48,50,79,83H,6-7,9,11-13,15,17-19,21,23-25,27,29-31,33,35,38,41,44,47,49,51-78H2,1-5H3/p+1/b10-8-,16-14-,22-20-,28-26-,34-32-,37-36-,40-39-,43-42-,46-45-,50-48-. The van der Waals surface area contributed by atoms with E-state index < -0.39 is 24.3 Å². The molecule has 0 saturated heterocycles. The first-order valence-corrected chi connectivity index (χ1v) is 38.2. The maximum Gasteiger partial charge on any atom is 0.361 e. The van der Waals surface area contributed by atoms with Crippen LogP contribution in [0.2, 0.25) is 0 Å². The summed E-state index contributed by atoms with van der Waals surface area (Å²) in [6.45, 7) is 4.80. The minimum absolute atomic E-state index is 0.184. The lowest BCUT2D eigenvalue weighted by Crippen LogP contribution is -2.40. The zero-order chi connectivity index (χ0) is 66.8. The second-order valence-electron chi connectivity index (χ2n) is 26.6. The number of aliphatic carboxylic acids is 1. The quantitative estimate of drug-likeness (QED) is 0.0211. The first kappa shape index (κ1) is 87.7. The molecule has 9 nitrogen and oxygen atoms in total. The molecule has 0 bridgehead atoms. The molecule has 528 valence electrons. The number of allylic oxidation sites excluding steroid dienone is 20. The van der Waals surface area contributed by atoms with Crippen molar-refractivity contribution in [2.45, 2.75) is 341 Å². The van der Waals surface area contributed by atoms with E-state index in [1.165, 1.54) is 186 Å². The molecular formula is C83H144NO8+. The zero-order valence-electron chi connectivity index (χ0n) is 60.4. The van der Waals surface area contributed by atoms with Crippen molar-refractivity contribution in [3.63, 3.8) is 0 Å². The lowest BCUT2D eigenvalue weighted by molar-refractivity contribution is -0.870. The fourth-order valence-electron chi connectivity index (χ4n) is 10.7. The fraction of sp³-hybridized carbons (Fsp3) is 0.723. The normalized spacial score (nSPS) is 13.4. The average molecular weight is 1280 g/mol. The molecule has 0 radical (unpaired) electrons. The van der Waals surface area contributed by atoms with Gasteiger partial charge in [-0.25, -0.2) is 4.79 Å². The Balaban J connectivity index is 4.10. The molecule has 0 rings (SSSR count). The van der Waals surface area contributed by atoms with E-state index in [2.05, 4.69) is 135 Å². The summed E-state index contributed by atoms with van der Waals surface area (Å²) >= 11 is 0. The van der Waals surface area contributed by atoms with Crippen LogP contribution in [0.25, 0.3) is 0 Å². The Labute approximate surface area is 567 Å². The van der Waals surface area contributed by atoms with Gasteiger partial charge in [0.25, 0.3) is 6.29 Å². The Morgan fingerprint density at radius 2 is 0.620 bits per heavy atom. The molecule has 0 aromatic heterocycles. The van der Waals surface area contributed by atoms with Crippen LogP contribution in [0.5, 0.6) is 0 Å². The lowest BCUT2D eigenvalue weighted by atomic mass is 10.0. The van der Waals surface area contributed by atoms with Crippen molar-refractivity contribution >= 4 is 17.9 Å². The Morgan fingerprint density at radius 3 is 0.924 bits per heavy atom. The number of quaternary nitrogens is 1. The van der Waals surface area contributed by atoms with E-state index in [1.807, 2.05) is 21.1 Å². The lowest BCUT2D eigenvalue weighted by Gasteiger charge is -2.25. The van der Waals surface area contributed by atoms with Crippen molar-refractivity contribution in [1.29, 1.82) is 0 Å². The highest BCUT2D eigenvalue weighted by atomic mass is 16.7. The molecule has 2 atom stereocenters. The summed E-state index contributed by atoms with van der Waals surface area (Å²) in [7, 11) is 5.98. The van der Waals surface area contributed by atoms with Crippen molar-refractivity contribution < 1.29 is 42.9 Å². The van der Waals surface area contributed by atoms with Gasteiger partial charge in [-0.1, -0.05) is 347 Å². The van der Waals surface area contributed by atoms with E-state index in [1.54, 1.807) is 0 Å². The zero-order valence-corrected chi connectivity index (χ0v) is 60.4. The van der Waals surface area contributed by atoms with Crippen molar-refractivity contribution in [2.75, 3.05) is 47.5 Å². The second-order valence-corrected chi connectivity index (χ2v) is 26.6. The average Bonchev–Trinajstić information content (AvgIpc) is 3.70. The molecule has 1 N–H and O–H groups in total. The summed E-state index contributed by atoms with van der Waals surface area (Å²) in [5.41, 5.74) is 0. The summed E-state index contributed by atoms with van der Waals surface area (Å²) in [6, 6.07) is 0. The van der Waals surface area contributed by atoms with Gasteiger partial charge in [-0.05, 0) is 89.9 Å².